The SMILES string of the molecule is CN(C)CCc1c[nH]c2ccc(CS(=O)(=O)N(C)C(=O)OC(C)(C)C)cc12. The van der Waals surface area contributed by atoms with E-state index in [1.807, 2.05) is 32.4 Å². The maximum absolute atomic E-state index is 12.6. The number of aromatic nitrogens is 1. The maximum Gasteiger partial charge on any atom is 0.423 e. The monoisotopic (exact) mass is 395 g/mol. The lowest BCUT2D eigenvalue weighted by atomic mass is 10.1. The van der Waals surface area contributed by atoms with Gasteiger partial charge < -0.3 is 14.6 Å². The number of likely N-dealkylation sites (N-methyl/N-ethyl adjacent to an activating group) is 1. The largest absolute Gasteiger partial charge is 0.443 e. The third-order valence-electron chi connectivity index (χ3n) is 4.08. The van der Waals surface area contributed by atoms with E-state index in [0.29, 0.717) is 9.87 Å². The second kappa shape index (κ2) is 7.90. The zero-order valence-electron chi connectivity index (χ0n) is 16.9. The Hall–Kier alpha value is -2.06. The topological polar surface area (TPSA) is 82.7 Å². The zero-order valence-corrected chi connectivity index (χ0v) is 17.7. The summed E-state index contributed by atoms with van der Waals surface area (Å²) < 4.78 is 31.1. The van der Waals surface area contributed by atoms with Crippen LogP contribution in [0.25, 0.3) is 10.9 Å². The van der Waals surface area contributed by atoms with Crippen LogP contribution in [0.3, 0.4) is 0 Å². The van der Waals surface area contributed by atoms with E-state index in [-0.39, 0.29) is 5.75 Å². The second-order valence-electron chi connectivity index (χ2n) is 7.95. The molecule has 150 valence electrons. The van der Waals surface area contributed by atoms with Gasteiger partial charge in [0, 0.05) is 30.7 Å². The van der Waals surface area contributed by atoms with Crippen molar-refractivity contribution in [2.45, 2.75) is 38.5 Å². The normalized spacial score (nSPS) is 12.6. The highest BCUT2D eigenvalue weighted by atomic mass is 32.2. The summed E-state index contributed by atoms with van der Waals surface area (Å²) in [6.45, 7) is 5.98. The predicted molar refractivity (Wildman–Crippen MR) is 107 cm³/mol. The summed E-state index contributed by atoms with van der Waals surface area (Å²) in [5.41, 5.74) is 1.97. The van der Waals surface area contributed by atoms with Crippen LogP contribution in [-0.4, -0.2) is 62.0 Å². The first-order valence-electron chi connectivity index (χ1n) is 8.82. The Morgan fingerprint density at radius 3 is 2.44 bits per heavy atom. The van der Waals surface area contributed by atoms with Crippen LogP contribution in [-0.2, 0) is 26.9 Å². The minimum atomic E-state index is -3.83. The van der Waals surface area contributed by atoms with Crippen molar-refractivity contribution in [1.29, 1.82) is 0 Å². The number of H-pyrrole nitrogens is 1. The highest BCUT2D eigenvalue weighted by molar-refractivity contribution is 7.88. The Bertz CT molecular complexity index is 911. The lowest BCUT2D eigenvalue weighted by Gasteiger charge is -2.24. The second-order valence-corrected chi connectivity index (χ2v) is 9.95. The summed E-state index contributed by atoms with van der Waals surface area (Å²) >= 11 is 0. The zero-order chi connectivity index (χ0) is 20.4. The van der Waals surface area contributed by atoms with Gasteiger partial charge in [0.25, 0.3) is 0 Å². The van der Waals surface area contributed by atoms with Crippen LogP contribution in [0.5, 0.6) is 0 Å². The van der Waals surface area contributed by atoms with Gasteiger partial charge in [-0.1, -0.05) is 6.07 Å². The first-order valence-corrected chi connectivity index (χ1v) is 10.4. The standard InChI is InChI=1S/C19H29N3O4S/c1-19(2,3)26-18(23)22(6)27(24,25)13-14-7-8-17-16(11-14)15(12-20-17)9-10-21(4)5/h7-8,11-12,20H,9-10,13H2,1-6H3. The number of hydrogen-bond acceptors (Lipinski definition) is 5. The van der Waals surface area contributed by atoms with E-state index in [9.17, 15) is 13.2 Å². The third kappa shape index (κ3) is 5.71. The van der Waals surface area contributed by atoms with Gasteiger partial charge >= 0.3 is 6.09 Å². The molecule has 2 aromatic rings. The van der Waals surface area contributed by atoms with Crippen LogP contribution in [0.4, 0.5) is 4.79 Å². The molecule has 0 atom stereocenters. The van der Waals surface area contributed by atoms with Gasteiger partial charge in [-0.25, -0.2) is 17.5 Å². The van der Waals surface area contributed by atoms with E-state index in [0.717, 1.165) is 29.4 Å². The van der Waals surface area contributed by atoms with Gasteiger partial charge in [-0.15, -0.1) is 0 Å². The number of ether oxygens (including phenoxy) is 1. The van der Waals surface area contributed by atoms with E-state index in [1.54, 1.807) is 26.8 Å². The molecular weight excluding hydrogens is 366 g/mol. The summed E-state index contributed by atoms with van der Waals surface area (Å²) in [6.07, 6.45) is 1.94. The minimum absolute atomic E-state index is 0.267. The first-order chi connectivity index (χ1) is 12.4. The average Bonchev–Trinajstić information content (AvgIpc) is 2.92. The van der Waals surface area contributed by atoms with Crippen LogP contribution in [0.2, 0.25) is 0 Å². The van der Waals surface area contributed by atoms with Gasteiger partial charge in [0.15, 0.2) is 0 Å². The van der Waals surface area contributed by atoms with E-state index in [2.05, 4.69) is 9.88 Å². The lowest BCUT2D eigenvalue weighted by molar-refractivity contribution is 0.0420. The maximum atomic E-state index is 12.6. The molecule has 0 saturated carbocycles. The van der Waals surface area contributed by atoms with Crippen molar-refractivity contribution >= 4 is 27.0 Å². The molecule has 1 N–H and O–H groups in total. The van der Waals surface area contributed by atoms with Crippen molar-refractivity contribution in [2.75, 3.05) is 27.7 Å². The van der Waals surface area contributed by atoms with E-state index in [4.69, 9.17) is 4.74 Å². The van der Waals surface area contributed by atoms with Crippen molar-refractivity contribution in [2.24, 2.45) is 0 Å². The van der Waals surface area contributed by atoms with Gasteiger partial charge in [0.1, 0.15) is 5.60 Å². The number of amides is 1. The van der Waals surface area contributed by atoms with Crippen molar-refractivity contribution in [3.8, 4) is 0 Å². The van der Waals surface area contributed by atoms with E-state index < -0.39 is 21.7 Å². The number of carbonyl (C=O) groups excluding carboxylic acids is 1. The molecule has 0 spiro atoms. The van der Waals surface area contributed by atoms with Gasteiger partial charge in [-0.2, -0.15) is 0 Å². The number of benzene rings is 1. The average molecular weight is 396 g/mol. The van der Waals surface area contributed by atoms with Crippen LogP contribution in [0, 0.1) is 0 Å². The lowest BCUT2D eigenvalue weighted by Crippen LogP contribution is -2.38. The van der Waals surface area contributed by atoms with Crippen LogP contribution < -0.4 is 0 Å². The fraction of sp³-hybridized carbons (Fsp3) is 0.526. The van der Waals surface area contributed by atoms with Gasteiger partial charge in [0.05, 0.1) is 5.75 Å². The molecule has 8 heteroatoms. The molecule has 27 heavy (non-hydrogen) atoms. The number of aromatic amines is 1. The van der Waals surface area contributed by atoms with E-state index >= 15 is 0 Å². The summed E-state index contributed by atoms with van der Waals surface area (Å²) in [5.74, 6) is -0.267. The minimum Gasteiger partial charge on any atom is -0.443 e. The molecule has 0 bridgehead atoms. The Kier molecular flexibility index (Phi) is 6.21. The molecule has 7 nitrogen and oxygen atoms in total. The first kappa shape index (κ1) is 21.2. The molecule has 0 aliphatic rings. The molecule has 0 aliphatic heterocycles. The fourth-order valence-electron chi connectivity index (χ4n) is 2.61. The summed E-state index contributed by atoms with van der Waals surface area (Å²) in [5, 5.41) is 1.00. The molecule has 1 heterocycles. The van der Waals surface area contributed by atoms with Crippen molar-refractivity contribution in [1.82, 2.24) is 14.2 Å². The van der Waals surface area contributed by atoms with Crippen LogP contribution >= 0.6 is 0 Å². The predicted octanol–water partition coefficient (Wildman–Crippen LogP) is 2.97. The Labute approximate surface area is 161 Å². The summed E-state index contributed by atoms with van der Waals surface area (Å²) in [6, 6.07) is 5.50. The number of fused-ring (bicyclic) bond motifs is 1. The fourth-order valence-corrected chi connectivity index (χ4v) is 3.67. The third-order valence-corrected chi connectivity index (χ3v) is 5.76. The Morgan fingerprint density at radius 2 is 1.85 bits per heavy atom. The molecule has 0 fully saturated rings. The Balaban J connectivity index is 2.21. The molecular formula is C19H29N3O4S. The molecule has 1 aromatic heterocycles. The number of sulfonamides is 1. The van der Waals surface area contributed by atoms with Gasteiger partial charge in [0.2, 0.25) is 10.0 Å². The van der Waals surface area contributed by atoms with E-state index in [1.165, 1.54) is 7.05 Å². The van der Waals surface area contributed by atoms with Crippen molar-refractivity contribution in [3.63, 3.8) is 0 Å². The smallest absolute Gasteiger partial charge is 0.423 e. The quantitative estimate of drug-likeness (QED) is 0.813. The number of rotatable bonds is 6. The molecule has 0 aliphatic carbocycles. The van der Waals surface area contributed by atoms with Crippen molar-refractivity contribution in [3.05, 3.63) is 35.5 Å². The number of nitrogens with zero attached hydrogens (tertiary/aromatic N) is 2. The Morgan fingerprint density at radius 1 is 1.19 bits per heavy atom. The molecule has 0 radical (unpaired) electrons. The molecule has 2 rings (SSSR count). The van der Waals surface area contributed by atoms with Crippen LogP contribution in [0.15, 0.2) is 24.4 Å². The summed E-state index contributed by atoms with van der Waals surface area (Å²) in [7, 11) is 1.41. The number of hydrogen-bond donors (Lipinski definition) is 1. The molecule has 0 unspecified atom stereocenters. The van der Waals surface area contributed by atoms with Gasteiger partial charge in [-0.05, 0) is 64.5 Å². The number of carbonyl (C=O) groups is 1. The van der Waals surface area contributed by atoms with Gasteiger partial charge in [-0.3, -0.25) is 0 Å². The molecule has 1 amide bonds. The summed E-state index contributed by atoms with van der Waals surface area (Å²) in [4.78, 5) is 17.4. The van der Waals surface area contributed by atoms with Crippen molar-refractivity contribution < 1.29 is 17.9 Å². The number of nitrogens with one attached hydrogen (secondary N) is 1. The highest BCUT2D eigenvalue weighted by Gasteiger charge is 2.28. The highest BCUT2D eigenvalue weighted by Crippen LogP contribution is 2.22. The molecule has 1 aromatic carbocycles. The van der Waals surface area contributed by atoms with Crippen LogP contribution in [0.1, 0.15) is 31.9 Å². The molecule has 0 saturated heterocycles.